The van der Waals surface area contributed by atoms with Gasteiger partial charge in [-0.25, -0.2) is 0 Å². The first-order valence-electron chi connectivity index (χ1n) is 12.4. The third-order valence-electron chi connectivity index (χ3n) is 7.96. The van der Waals surface area contributed by atoms with Crippen molar-refractivity contribution in [1.29, 1.82) is 0 Å². The minimum atomic E-state index is -0.581. The monoisotopic (exact) mass is 456 g/mol. The predicted octanol–water partition coefficient (Wildman–Crippen LogP) is 4.76. The fourth-order valence-electron chi connectivity index (χ4n) is 6.54. The summed E-state index contributed by atoms with van der Waals surface area (Å²) in [5, 5.41) is 20.5. The Kier molecular flexibility index (Phi) is 4.63. The molecule has 0 radical (unpaired) electrons. The second-order valence-electron chi connectivity index (χ2n) is 10.7. The van der Waals surface area contributed by atoms with Crippen LogP contribution >= 0.6 is 0 Å². The topological polar surface area (TPSA) is 83.7 Å². The highest BCUT2D eigenvalue weighted by atomic mass is 16.2. The van der Waals surface area contributed by atoms with Crippen LogP contribution < -0.4 is 10.6 Å². The van der Waals surface area contributed by atoms with E-state index < -0.39 is 5.41 Å². The van der Waals surface area contributed by atoms with Crippen LogP contribution in [0.25, 0.3) is 11.1 Å². The summed E-state index contributed by atoms with van der Waals surface area (Å²) in [6.45, 7) is 9.32. The fraction of sp³-hybridized carbons (Fsp3) is 0.481. The van der Waals surface area contributed by atoms with Crippen molar-refractivity contribution in [3.63, 3.8) is 0 Å². The minimum absolute atomic E-state index is 0.000402. The number of allylic oxidation sites excluding steroid dienone is 1. The van der Waals surface area contributed by atoms with E-state index >= 15 is 0 Å². The first-order valence-corrected chi connectivity index (χ1v) is 12.4. The molecule has 6 rings (SSSR count). The quantitative estimate of drug-likeness (QED) is 0.699. The molecule has 1 unspecified atom stereocenters. The molecule has 1 aromatic heterocycles. The highest BCUT2D eigenvalue weighted by Crippen LogP contribution is 2.53. The lowest BCUT2D eigenvalue weighted by Gasteiger charge is -2.48. The highest BCUT2D eigenvalue weighted by molar-refractivity contribution is 6.00. The summed E-state index contributed by atoms with van der Waals surface area (Å²) >= 11 is 0. The number of nitrogens with zero attached hydrogens (tertiary/aromatic N) is 4. The van der Waals surface area contributed by atoms with E-state index in [9.17, 15) is 4.79 Å². The zero-order valence-electron chi connectivity index (χ0n) is 20.4. The van der Waals surface area contributed by atoms with Gasteiger partial charge in [0.05, 0.1) is 22.9 Å². The van der Waals surface area contributed by atoms with E-state index in [2.05, 4.69) is 75.7 Å². The van der Waals surface area contributed by atoms with Gasteiger partial charge in [0.1, 0.15) is 0 Å². The number of carbonyl (C=O) groups is 1. The molecule has 0 bridgehead atoms. The van der Waals surface area contributed by atoms with Crippen molar-refractivity contribution < 1.29 is 4.79 Å². The standard InChI is InChI=1S/C27H32N6O/c1-5-27(18-10-8-9-17(13-18)19-15-28-33-12-7-6-11-21(19)33)22-16(2)31-32-24(22)29-20-14-26(3,4)30-25(34)23(20)27/h8-10,13,15,24,29H,5-7,11-12,14H2,1-4H3,(H,30,34)/t24?,27-/m1/s1. The lowest BCUT2D eigenvalue weighted by molar-refractivity contribution is -0.120. The molecule has 2 atom stereocenters. The van der Waals surface area contributed by atoms with Crippen LogP contribution in [0.4, 0.5) is 0 Å². The summed E-state index contributed by atoms with van der Waals surface area (Å²) in [5.41, 5.74) is 7.72. The Bertz CT molecular complexity index is 1300. The Morgan fingerprint density at radius 2 is 2.09 bits per heavy atom. The molecule has 4 aliphatic heterocycles. The molecule has 0 aliphatic carbocycles. The number of fused-ring (bicyclic) bond motifs is 2. The molecule has 1 amide bonds. The van der Waals surface area contributed by atoms with Crippen molar-refractivity contribution in [2.75, 3.05) is 0 Å². The van der Waals surface area contributed by atoms with Crippen molar-refractivity contribution in [1.82, 2.24) is 20.4 Å². The Morgan fingerprint density at radius 1 is 1.24 bits per heavy atom. The summed E-state index contributed by atoms with van der Waals surface area (Å²) in [4.78, 5) is 13.7. The maximum atomic E-state index is 13.7. The molecule has 0 fully saturated rings. The molecule has 1 aromatic carbocycles. The lowest BCUT2D eigenvalue weighted by atomic mass is 9.61. The number of aryl methyl sites for hydroxylation is 1. The molecular weight excluding hydrogens is 424 g/mol. The summed E-state index contributed by atoms with van der Waals surface area (Å²) in [5.74, 6) is -0.000402. The molecule has 0 saturated carbocycles. The van der Waals surface area contributed by atoms with Gasteiger partial charge < -0.3 is 10.6 Å². The summed E-state index contributed by atoms with van der Waals surface area (Å²) in [7, 11) is 0. The summed E-state index contributed by atoms with van der Waals surface area (Å²) in [6.07, 6.45) is 6.72. The van der Waals surface area contributed by atoms with Crippen LogP contribution in [-0.2, 0) is 23.2 Å². The van der Waals surface area contributed by atoms with Crippen LogP contribution in [0.15, 0.2) is 63.2 Å². The Morgan fingerprint density at radius 3 is 2.91 bits per heavy atom. The first-order chi connectivity index (χ1) is 16.3. The molecule has 2 N–H and O–H groups in total. The van der Waals surface area contributed by atoms with Gasteiger partial charge in [0.2, 0.25) is 0 Å². The molecule has 0 spiro atoms. The summed E-state index contributed by atoms with van der Waals surface area (Å²) in [6, 6.07) is 8.73. The maximum absolute atomic E-state index is 13.7. The molecule has 34 heavy (non-hydrogen) atoms. The van der Waals surface area contributed by atoms with Crippen molar-refractivity contribution in [2.45, 2.75) is 83.5 Å². The van der Waals surface area contributed by atoms with Crippen molar-refractivity contribution in [2.24, 2.45) is 10.2 Å². The van der Waals surface area contributed by atoms with Crippen LogP contribution in [0, 0.1) is 0 Å². The summed E-state index contributed by atoms with van der Waals surface area (Å²) < 4.78 is 2.15. The van der Waals surface area contributed by atoms with Gasteiger partial charge in [-0.2, -0.15) is 15.3 Å². The molecule has 0 saturated heterocycles. The molecular formula is C27H32N6O. The SMILES string of the molecule is CC[C@]1(c2cccc(-c3cnn4c3CCCC4)c2)C2=C(CC(C)(C)NC2=O)NC2N=NC(C)=C21. The zero-order chi connectivity index (χ0) is 23.7. The number of aromatic nitrogens is 2. The van der Waals surface area contributed by atoms with Crippen LogP contribution in [-0.4, -0.2) is 27.4 Å². The molecule has 176 valence electrons. The Labute approximate surface area is 200 Å². The van der Waals surface area contributed by atoms with E-state index in [1.807, 2.05) is 13.1 Å². The maximum Gasteiger partial charge on any atom is 0.250 e. The molecule has 7 nitrogen and oxygen atoms in total. The van der Waals surface area contributed by atoms with E-state index in [4.69, 9.17) is 0 Å². The lowest BCUT2D eigenvalue weighted by Crippen LogP contribution is -2.58. The number of hydrogen-bond acceptors (Lipinski definition) is 5. The van der Waals surface area contributed by atoms with E-state index in [1.165, 1.54) is 24.1 Å². The van der Waals surface area contributed by atoms with Gasteiger partial charge >= 0.3 is 0 Å². The normalized spacial score (nSPS) is 27.2. The number of benzene rings is 1. The van der Waals surface area contributed by atoms with Crippen LogP contribution in [0.5, 0.6) is 0 Å². The molecule has 2 aromatic rings. The van der Waals surface area contributed by atoms with E-state index in [1.54, 1.807) is 0 Å². The van der Waals surface area contributed by atoms with Crippen LogP contribution in [0.3, 0.4) is 0 Å². The van der Waals surface area contributed by atoms with Gasteiger partial charge in [-0.15, -0.1) is 0 Å². The highest BCUT2D eigenvalue weighted by Gasteiger charge is 2.54. The van der Waals surface area contributed by atoms with Crippen molar-refractivity contribution >= 4 is 5.91 Å². The first kappa shape index (κ1) is 21.3. The third-order valence-corrected chi connectivity index (χ3v) is 7.96. The van der Waals surface area contributed by atoms with Gasteiger partial charge in [0.25, 0.3) is 5.91 Å². The Balaban J connectivity index is 1.57. The Hall–Kier alpha value is -3.22. The van der Waals surface area contributed by atoms with Crippen molar-refractivity contribution in [3.05, 3.63) is 64.3 Å². The number of hydrogen-bond donors (Lipinski definition) is 2. The number of carbonyl (C=O) groups excluding carboxylic acids is 1. The average molecular weight is 457 g/mol. The van der Waals surface area contributed by atoms with Crippen LogP contribution in [0.1, 0.15) is 64.6 Å². The van der Waals surface area contributed by atoms with E-state index in [0.717, 1.165) is 59.5 Å². The van der Waals surface area contributed by atoms with E-state index in [-0.39, 0.29) is 17.6 Å². The fourth-order valence-corrected chi connectivity index (χ4v) is 6.54. The number of azo groups is 1. The second-order valence-corrected chi connectivity index (χ2v) is 10.7. The van der Waals surface area contributed by atoms with Gasteiger partial charge in [-0.3, -0.25) is 9.48 Å². The van der Waals surface area contributed by atoms with Crippen molar-refractivity contribution in [3.8, 4) is 11.1 Å². The largest absolute Gasteiger partial charge is 0.362 e. The minimum Gasteiger partial charge on any atom is -0.362 e. The average Bonchev–Trinajstić information content (AvgIpc) is 3.41. The smallest absolute Gasteiger partial charge is 0.250 e. The second kappa shape index (κ2) is 7.39. The van der Waals surface area contributed by atoms with Crippen LogP contribution in [0.2, 0.25) is 0 Å². The third kappa shape index (κ3) is 2.95. The predicted molar refractivity (Wildman–Crippen MR) is 131 cm³/mol. The number of nitrogens with one attached hydrogen (secondary N) is 2. The van der Waals surface area contributed by atoms with Gasteiger partial charge in [-0.05, 0) is 63.6 Å². The zero-order valence-corrected chi connectivity index (χ0v) is 20.4. The number of rotatable bonds is 3. The van der Waals surface area contributed by atoms with Gasteiger partial charge in [0.15, 0.2) is 6.17 Å². The molecule has 7 heteroatoms. The molecule has 5 heterocycles. The molecule has 4 aliphatic rings. The van der Waals surface area contributed by atoms with Gasteiger partial charge in [0, 0.05) is 41.0 Å². The van der Waals surface area contributed by atoms with E-state index in [0.29, 0.717) is 0 Å². The van der Waals surface area contributed by atoms with Gasteiger partial charge in [-0.1, -0.05) is 25.1 Å². The number of amides is 1.